The number of carbonyl (C=O) groups excluding carboxylic acids is 1. The molecule has 2 aromatic heterocycles. The van der Waals surface area contributed by atoms with E-state index in [2.05, 4.69) is 25.3 Å². The SMILES string of the molecule is O=C(CN1CCCC1Cn1cncn1)NCc1ccccn1. The first-order valence-corrected chi connectivity index (χ1v) is 7.54. The van der Waals surface area contributed by atoms with Gasteiger partial charge in [-0.05, 0) is 31.5 Å². The molecular formula is C15H20N6O. The first kappa shape index (κ1) is 14.6. The van der Waals surface area contributed by atoms with Gasteiger partial charge in [-0.3, -0.25) is 19.4 Å². The number of hydrogen-bond donors (Lipinski definition) is 1. The van der Waals surface area contributed by atoms with Crippen molar-refractivity contribution in [3.63, 3.8) is 0 Å². The van der Waals surface area contributed by atoms with Crippen LogP contribution in [0.25, 0.3) is 0 Å². The van der Waals surface area contributed by atoms with Crippen molar-refractivity contribution in [2.45, 2.75) is 32.0 Å². The minimum absolute atomic E-state index is 0.0381. The van der Waals surface area contributed by atoms with Crippen LogP contribution in [0.1, 0.15) is 18.5 Å². The van der Waals surface area contributed by atoms with E-state index in [4.69, 9.17) is 0 Å². The molecule has 22 heavy (non-hydrogen) atoms. The second kappa shape index (κ2) is 7.13. The number of amides is 1. The van der Waals surface area contributed by atoms with Gasteiger partial charge in [0.25, 0.3) is 0 Å². The Morgan fingerprint density at radius 1 is 1.41 bits per heavy atom. The van der Waals surface area contributed by atoms with E-state index in [1.165, 1.54) is 0 Å². The minimum atomic E-state index is 0.0381. The molecule has 1 aliphatic rings. The maximum Gasteiger partial charge on any atom is 0.234 e. The van der Waals surface area contributed by atoms with Crippen molar-refractivity contribution >= 4 is 5.91 Å². The highest BCUT2D eigenvalue weighted by Gasteiger charge is 2.26. The van der Waals surface area contributed by atoms with E-state index in [1.54, 1.807) is 18.9 Å². The quantitative estimate of drug-likeness (QED) is 0.838. The van der Waals surface area contributed by atoms with Crippen LogP contribution < -0.4 is 5.32 Å². The van der Waals surface area contributed by atoms with Crippen LogP contribution >= 0.6 is 0 Å². The molecule has 116 valence electrons. The van der Waals surface area contributed by atoms with Crippen LogP contribution in [0.3, 0.4) is 0 Å². The average Bonchev–Trinajstić information content (AvgIpc) is 3.20. The van der Waals surface area contributed by atoms with Crippen LogP contribution in [-0.4, -0.2) is 49.7 Å². The van der Waals surface area contributed by atoms with Gasteiger partial charge in [-0.15, -0.1) is 0 Å². The molecule has 1 saturated heterocycles. The zero-order valence-corrected chi connectivity index (χ0v) is 12.4. The van der Waals surface area contributed by atoms with Gasteiger partial charge in [-0.2, -0.15) is 5.10 Å². The standard InChI is InChI=1S/C15H20N6O/c22-15(18-8-13-4-1-2-6-17-13)10-20-7-3-5-14(20)9-21-12-16-11-19-21/h1-2,4,6,11-12,14H,3,5,7-10H2,(H,18,22). The number of hydrogen-bond acceptors (Lipinski definition) is 5. The summed E-state index contributed by atoms with van der Waals surface area (Å²) in [5.41, 5.74) is 0.872. The molecule has 7 heteroatoms. The molecule has 1 N–H and O–H groups in total. The van der Waals surface area contributed by atoms with E-state index in [0.717, 1.165) is 31.6 Å². The van der Waals surface area contributed by atoms with Crippen molar-refractivity contribution in [1.29, 1.82) is 0 Å². The molecule has 0 aromatic carbocycles. The molecular weight excluding hydrogens is 280 g/mol. The minimum Gasteiger partial charge on any atom is -0.349 e. The number of pyridine rings is 1. The lowest BCUT2D eigenvalue weighted by Crippen LogP contribution is -2.41. The number of nitrogens with zero attached hydrogens (tertiary/aromatic N) is 5. The maximum atomic E-state index is 12.1. The highest BCUT2D eigenvalue weighted by molar-refractivity contribution is 5.78. The Morgan fingerprint density at radius 2 is 2.36 bits per heavy atom. The van der Waals surface area contributed by atoms with Gasteiger partial charge in [0.05, 0.1) is 25.3 Å². The molecule has 0 saturated carbocycles. The van der Waals surface area contributed by atoms with Crippen molar-refractivity contribution in [3.8, 4) is 0 Å². The maximum absolute atomic E-state index is 12.1. The zero-order chi connectivity index (χ0) is 15.2. The van der Waals surface area contributed by atoms with Crippen LogP contribution in [0.5, 0.6) is 0 Å². The summed E-state index contributed by atoms with van der Waals surface area (Å²) in [5, 5.41) is 7.07. The summed E-state index contributed by atoms with van der Waals surface area (Å²) in [6.07, 6.45) is 7.20. The summed E-state index contributed by atoms with van der Waals surface area (Å²) in [6.45, 7) is 2.64. The van der Waals surface area contributed by atoms with E-state index >= 15 is 0 Å². The van der Waals surface area contributed by atoms with Gasteiger partial charge in [-0.1, -0.05) is 6.07 Å². The largest absolute Gasteiger partial charge is 0.349 e. The third-order valence-corrected chi connectivity index (χ3v) is 3.90. The van der Waals surface area contributed by atoms with Gasteiger partial charge in [-0.25, -0.2) is 4.98 Å². The molecule has 0 radical (unpaired) electrons. The number of likely N-dealkylation sites (tertiary alicyclic amines) is 1. The summed E-state index contributed by atoms with van der Waals surface area (Å²) < 4.78 is 1.83. The number of nitrogens with one attached hydrogen (secondary N) is 1. The molecule has 0 spiro atoms. The zero-order valence-electron chi connectivity index (χ0n) is 12.4. The van der Waals surface area contributed by atoms with Crippen molar-refractivity contribution in [2.75, 3.05) is 13.1 Å². The Hall–Kier alpha value is -2.28. The van der Waals surface area contributed by atoms with E-state index in [0.29, 0.717) is 19.1 Å². The summed E-state index contributed by atoms with van der Waals surface area (Å²) >= 11 is 0. The monoisotopic (exact) mass is 300 g/mol. The Balaban J connectivity index is 1.47. The second-order valence-electron chi connectivity index (χ2n) is 5.48. The van der Waals surface area contributed by atoms with Crippen molar-refractivity contribution in [3.05, 3.63) is 42.7 Å². The summed E-state index contributed by atoms with van der Waals surface area (Å²) in [6, 6.07) is 6.04. The number of carbonyl (C=O) groups is 1. The number of aromatic nitrogens is 4. The molecule has 1 fully saturated rings. The third kappa shape index (κ3) is 3.88. The molecule has 2 aromatic rings. The second-order valence-corrected chi connectivity index (χ2v) is 5.48. The van der Waals surface area contributed by atoms with Crippen LogP contribution in [-0.2, 0) is 17.9 Å². The Kier molecular flexibility index (Phi) is 4.75. The third-order valence-electron chi connectivity index (χ3n) is 3.90. The molecule has 7 nitrogen and oxygen atoms in total. The predicted octanol–water partition coefficient (Wildman–Crippen LogP) is 0.454. The van der Waals surface area contributed by atoms with Crippen LogP contribution in [0.4, 0.5) is 0 Å². The Bertz CT molecular complexity index is 585. The molecule has 1 amide bonds. The summed E-state index contributed by atoms with van der Waals surface area (Å²) in [7, 11) is 0. The highest BCUT2D eigenvalue weighted by Crippen LogP contribution is 2.17. The van der Waals surface area contributed by atoms with Gasteiger partial charge in [0.15, 0.2) is 0 Å². The van der Waals surface area contributed by atoms with E-state index in [1.807, 2.05) is 22.9 Å². The van der Waals surface area contributed by atoms with E-state index in [9.17, 15) is 4.79 Å². The topological polar surface area (TPSA) is 75.9 Å². The average molecular weight is 300 g/mol. The number of rotatable bonds is 6. The molecule has 3 rings (SSSR count). The van der Waals surface area contributed by atoms with E-state index in [-0.39, 0.29) is 5.91 Å². The smallest absolute Gasteiger partial charge is 0.234 e. The molecule has 1 unspecified atom stereocenters. The van der Waals surface area contributed by atoms with Crippen LogP contribution in [0, 0.1) is 0 Å². The normalized spacial score (nSPS) is 18.5. The highest BCUT2D eigenvalue weighted by atomic mass is 16.2. The van der Waals surface area contributed by atoms with Gasteiger partial charge in [0.1, 0.15) is 12.7 Å². The lowest BCUT2D eigenvalue weighted by Gasteiger charge is -2.23. The van der Waals surface area contributed by atoms with Crippen LogP contribution in [0.2, 0.25) is 0 Å². The molecule has 0 bridgehead atoms. The van der Waals surface area contributed by atoms with Gasteiger partial charge in [0, 0.05) is 12.2 Å². The Morgan fingerprint density at radius 3 is 3.14 bits per heavy atom. The first-order valence-electron chi connectivity index (χ1n) is 7.54. The van der Waals surface area contributed by atoms with Gasteiger partial charge < -0.3 is 5.32 Å². The van der Waals surface area contributed by atoms with Gasteiger partial charge in [0.2, 0.25) is 5.91 Å². The van der Waals surface area contributed by atoms with E-state index < -0.39 is 0 Å². The first-order chi connectivity index (χ1) is 10.8. The fraction of sp³-hybridized carbons (Fsp3) is 0.467. The van der Waals surface area contributed by atoms with Crippen molar-refractivity contribution in [2.24, 2.45) is 0 Å². The van der Waals surface area contributed by atoms with Crippen LogP contribution in [0.15, 0.2) is 37.1 Å². The molecule has 1 aliphatic heterocycles. The predicted molar refractivity (Wildman–Crippen MR) is 80.7 cm³/mol. The summed E-state index contributed by atoms with van der Waals surface area (Å²) in [5.74, 6) is 0.0381. The van der Waals surface area contributed by atoms with Crippen molar-refractivity contribution < 1.29 is 4.79 Å². The fourth-order valence-electron chi connectivity index (χ4n) is 2.79. The molecule has 0 aliphatic carbocycles. The summed E-state index contributed by atoms with van der Waals surface area (Å²) in [4.78, 5) is 22.5. The van der Waals surface area contributed by atoms with Gasteiger partial charge >= 0.3 is 0 Å². The fourth-order valence-corrected chi connectivity index (χ4v) is 2.79. The lowest BCUT2D eigenvalue weighted by molar-refractivity contribution is -0.122. The molecule has 1 atom stereocenters. The lowest BCUT2D eigenvalue weighted by atomic mass is 10.2. The Labute approximate surface area is 129 Å². The molecule has 3 heterocycles. The van der Waals surface area contributed by atoms with Crippen molar-refractivity contribution in [1.82, 2.24) is 30.0 Å².